The first-order valence-electron chi connectivity index (χ1n) is 12.0. The third-order valence-electron chi connectivity index (χ3n) is 5.57. The number of nitrogens with one attached hydrogen (secondary N) is 2. The van der Waals surface area contributed by atoms with Crippen molar-refractivity contribution in [2.45, 2.75) is 30.3 Å². The third-order valence-corrected chi connectivity index (χ3v) is 7.61. The average molecular weight is 609 g/mol. The van der Waals surface area contributed by atoms with Gasteiger partial charge < -0.3 is 20.6 Å². The predicted molar refractivity (Wildman–Crippen MR) is 142 cm³/mol. The number of carboxylic acid groups (broad SMARTS) is 1. The number of amidine groups is 1. The van der Waals surface area contributed by atoms with E-state index < -0.39 is 27.8 Å². The molecule has 1 amide bonds. The van der Waals surface area contributed by atoms with E-state index in [-0.39, 0.29) is 21.7 Å². The van der Waals surface area contributed by atoms with Crippen LogP contribution in [0, 0.1) is 5.82 Å². The molecule has 1 aliphatic rings. The predicted octanol–water partition coefficient (Wildman–Crippen LogP) is 3.26. The lowest BCUT2D eigenvalue weighted by Gasteiger charge is -2.17. The van der Waals surface area contributed by atoms with E-state index in [2.05, 4.69) is 15.6 Å². The molecule has 2 aromatic rings. The number of amides is 1. The normalized spacial score (nSPS) is 13.1. The summed E-state index contributed by atoms with van der Waals surface area (Å²) < 4.78 is 69.5. The van der Waals surface area contributed by atoms with Gasteiger partial charge in [-0.05, 0) is 43.1 Å². The highest BCUT2D eigenvalue weighted by Crippen LogP contribution is 2.22. The lowest BCUT2D eigenvalue weighted by molar-refractivity contribution is -0.192. The Kier molecular flexibility index (Phi) is 12.3. The van der Waals surface area contributed by atoms with Crippen molar-refractivity contribution in [1.29, 1.82) is 0 Å². The van der Waals surface area contributed by atoms with Crippen molar-refractivity contribution in [2.75, 3.05) is 39.1 Å². The van der Waals surface area contributed by atoms with Gasteiger partial charge in [0.05, 0.1) is 16.5 Å². The summed E-state index contributed by atoms with van der Waals surface area (Å²) in [6.07, 6.45) is -3.53. The summed E-state index contributed by atoms with van der Waals surface area (Å²) in [5.74, 6) is -2.76. The molecule has 9 nitrogen and oxygen atoms in total. The molecule has 0 atom stereocenters. The highest BCUT2D eigenvalue weighted by Gasteiger charge is 2.38. The third kappa shape index (κ3) is 10.7. The van der Waals surface area contributed by atoms with E-state index in [9.17, 15) is 30.8 Å². The second kappa shape index (κ2) is 15.0. The van der Waals surface area contributed by atoms with E-state index in [1.165, 1.54) is 0 Å². The maximum atomic E-state index is 13.1. The SMILES string of the molecule is CN(CCc1ccc(C2=NCCN2)cc1)C(=O)CCCNCS(=O)(=O)c1ccc(F)cc1Cl.O=C(O)C(F)(F)F. The standard InChI is InChI=1S/C23H28ClFN4O3S.C2HF3O2/c1-29(14-10-17-4-6-18(7-5-17)23-27-12-13-28-23)22(30)3-2-11-26-16-33(31,32)21-9-8-19(25)15-20(21)24;3-2(4,5)1(6)7/h4-9,15,26H,2-3,10-14,16H2,1H3,(H,27,28);(H,6,7). The number of hydrogen-bond donors (Lipinski definition) is 3. The number of carbonyl (C=O) groups excluding carboxylic acids is 1. The van der Waals surface area contributed by atoms with E-state index in [4.69, 9.17) is 21.5 Å². The van der Waals surface area contributed by atoms with Gasteiger partial charge in [-0.25, -0.2) is 17.6 Å². The van der Waals surface area contributed by atoms with Crippen LogP contribution in [0.2, 0.25) is 5.02 Å². The maximum Gasteiger partial charge on any atom is 0.490 e. The quantitative estimate of drug-likeness (QED) is 0.203. The van der Waals surface area contributed by atoms with E-state index in [0.717, 1.165) is 54.7 Å². The van der Waals surface area contributed by atoms with Crippen LogP contribution in [0.25, 0.3) is 0 Å². The number of halogens is 5. The molecule has 0 unspecified atom stereocenters. The average Bonchev–Trinajstić information content (AvgIpc) is 3.42. The minimum atomic E-state index is -5.08. The Morgan fingerprint density at radius 3 is 2.38 bits per heavy atom. The Morgan fingerprint density at radius 2 is 1.82 bits per heavy atom. The molecule has 15 heteroatoms. The van der Waals surface area contributed by atoms with E-state index in [1.54, 1.807) is 11.9 Å². The molecule has 0 saturated carbocycles. The van der Waals surface area contributed by atoms with Crippen molar-refractivity contribution in [3.63, 3.8) is 0 Å². The van der Waals surface area contributed by atoms with Gasteiger partial charge in [-0.2, -0.15) is 13.2 Å². The molecule has 1 heterocycles. The second-order valence-electron chi connectivity index (χ2n) is 8.66. The topological polar surface area (TPSA) is 128 Å². The number of aliphatic carboxylic acids is 1. The van der Waals surface area contributed by atoms with E-state index in [1.807, 2.05) is 24.3 Å². The first-order chi connectivity index (χ1) is 18.7. The van der Waals surface area contributed by atoms with Crippen molar-refractivity contribution >= 4 is 39.2 Å². The van der Waals surface area contributed by atoms with Crippen LogP contribution in [-0.4, -0.2) is 81.4 Å². The highest BCUT2D eigenvalue weighted by molar-refractivity contribution is 7.91. The zero-order valence-electron chi connectivity index (χ0n) is 21.5. The van der Waals surface area contributed by atoms with Crippen molar-refractivity contribution in [3.05, 3.63) is 64.4 Å². The fourth-order valence-electron chi connectivity index (χ4n) is 3.41. The zero-order valence-corrected chi connectivity index (χ0v) is 23.0. The summed E-state index contributed by atoms with van der Waals surface area (Å²) in [5, 5.41) is 13.0. The van der Waals surface area contributed by atoms with Gasteiger partial charge in [0.25, 0.3) is 0 Å². The van der Waals surface area contributed by atoms with Gasteiger partial charge in [0.2, 0.25) is 5.91 Å². The molecule has 0 aromatic heterocycles. The molecule has 0 aliphatic carbocycles. The van der Waals surface area contributed by atoms with Gasteiger partial charge >= 0.3 is 12.1 Å². The highest BCUT2D eigenvalue weighted by atomic mass is 35.5. The summed E-state index contributed by atoms with van der Waals surface area (Å²) in [6.45, 7) is 2.63. The van der Waals surface area contributed by atoms with Gasteiger partial charge in [0, 0.05) is 32.1 Å². The van der Waals surface area contributed by atoms with Crippen LogP contribution in [0.5, 0.6) is 0 Å². The summed E-state index contributed by atoms with van der Waals surface area (Å²) in [4.78, 5) is 27.2. The lowest BCUT2D eigenvalue weighted by Crippen LogP contribution is -2.30. The van der Waals surface area contributed by atoms with Crippen LogP contribution in [0.4, 0.5) is 17.6 Å². The summed E-state index contributed by atoms with van der Waals surface area (Å²) in [5.41, 5.74) is 2.21. The fourth-order valence-corrected chi connectivity index (χ4v) is 5.13. The van der Waals surface area contributed by atoms with Gasteiger partial charge in [0.15, 0.2) is 9.84 Å². The molecule has 2 aromatic carbocycles. The van der Waals surface area contributed by atoms with Gasteiger partial charge in [-0.3, -0.25) is 9.79 Å². The van der Waals surface area contributed by atoms with Gasteiger partial charge in [-0.15, -0.1) is 0 Å². The minimum Gasteiger partial charge on any atom is -0.475 e. The number of carboxylic acids is 1. The molecule has 220 valence electrons. The summed E-state index contributed by atoms with van der Waals surface area (Å²) in [6, 6.07) is 11.4. The van der Waals surface area contributed by atoms with Gasteiger partial charge in [-0.1, -0.05) is 35.9 Å². The van der Waals surface area contributed by atoms with Crippen LogP contribution >= 0.6 is 11.6 Å². The molecule has 3 N–H and O–H groups in total. The number of likely N-dealkylation sites (N-methyl/N-ethyl adjacent to an activating group) is 1. The lowest BCUT2D eigenvalue weighted by atomic mass is 10.1. The smallest absolute Gasteiger partial charge is 0.475 e. The number of sulfone groups is 1. The van der Waals surface area contributed by atoms with Crippen LogP contribution in [0.3, 0.4) is 0 Å². The summed E-state index contributed by atoms with van der Waals surface area (Å²) in [7, 11) is -1.92. The molecule has 0 radical (unpaired) electrons. The van der Waals surface area contributed by atoms with Crippen molar-refractivity contribution in [1.82, 2.24) is 15.5 Å². The Bertz CT molecular complexity index is 1310. The van der Waals surface area contributed by atoms with Crippen molar-refractivity contribution in [3.8, 4) is 0 Å². The van der Waals surface area contributed by atoms with Crippen LogP contribution < -0.4 is 10.6 Å². The first-order valence-corrected chi connectivity index (χ1v) is 14.0. The largest absolute Gasteiger partial charge is 0.490 e. The Morgan fingerprint density at radius 1 is 1.18 bits per heavy atom. The number of alkyl halides is 3. The van der Waals surface area contributed by atoms with Crippen molar-refractivity contribution < 1.29 is 40.7 Å². The molecule has 0 saturated heterocycles. The molecule has 3 rings (SSSR count). The minimum absolute atomic E-state index is 0.00219. The molecular formula is C25H29ClF4N4O5S. The van der Waals surface area contributed by atoms with Crippen molar-refractivity contribution in [2.24, 2.45) is 4.99 Å². The maximum absolute atomic E-state index is 13.1. The Balaban J connectivity index is 0.000000708. The molecule has 0 spiro atoms. The molecule has 40 heavy (non-hydrogen) atoms. The zero-order chi connectivity index (χ0) is 29.9. The van der Waals surface area contributed by atoms with Crippen LogP contribution in [-0.2, 0) is 25.8 Å². The number of hydrogen-bond acceptors (Lipinski definition) is 7. The number of nitrogens with zero attached hydrogens (tertiary/aromatic N) is 2. The molecule has 0 bridgehead atoms. The summed E-state index contributed by atoms with van der Waals surface area (Å²) >= 11 is 5.84. The van der Waals surface area contributed by atoms with Crippen LogP contribution in [0.1, 0.15) is 24.0 Å². The van der Waals surface area contributed by atoms with Gasteiger partial charge in [0.1, 0.15) is 17.5 Å². The second-order valence-corrected chi connectivity index (χ2v) is 11.0. The monoisotopic (exact) mass is 608 g/mol. The number of benzene rings is 2. The number of aliphatic imine (C=N–C) groups is 1. The number of rotatable bonds is 11. The molecule has 0 fully saturated rings. The van der Waals surface area contributed by atoms with E-state index in [0.29, 0.717) is 25.9 Å². The fraction of sp³-hybridized carbons (Fsp3) is 0.400. The van der Waals surface area contributed by atoms with E-state index >= 15 is 0 Å². The Labute approximate surface area is 234 Å². The first kappa shape index (κ1) is 33.0. The molecule has 1 aliphatic heterocycles. The Hall–Kier alpha value is -3.23. The number of carbonyl (C=O) groups is 2. The van der Waals surface area contributed by atoms with Crippen LogP contribution in [0.15, 0.2) is 52.4 Å². The molecular weight excluding hydrogens is 580 g/mol.